The van der Waals surface area contributed by atoms with Gasteiger partial charge in [-0.3, -0.25) is 0 Å². The molecule has 3 nitrogen and oxygen atoms in total. The highest BCUT2D eigenvalue weighted by Crippen LogP contribution is 2.21. The molecule has 0 saturated heterocycles. The van der Waals surface area contributed by atoms with Gasteiger partial charge < -0.3 is 9.73 Å². The lowest BCUT2D eigenvalue weighted by molar-refractivity contribution is 0.538. The molecular weight excluding hydrogens is 272 g/mol. The Morgan fingerprint density at radius 2 is 2.10 bits per heavy atom. The van der Waals surface area contributed by atoms with Crippen LogP contribution in [-0.4, -0.2) is 4.98 Å². The van der Waals surface area contributed by atoms with Gasteiger partial charge in [-0.15, -0.1) is 0 Å². The number of aromatic nitrogens is 1. The van der Waals surface area contributed by atoms with Crippen LogP contribution in [0.5, 0.6) is 0 Å². The first kappa shape index (κ1) is 13.0. The maximum atomic E-state index is 5.97. The SMILES string of the molecule is CCc1nc2cc(NCc3cccc(Cl)c3)ccc2o1. The monoisotopic (exact) mass is 286 g/mol. The van der Waals surface area contributed by atoms with Crippen LogP contribution < -0.4 is 5.32 Å². The Hall–Kier alpha value is -2.00. The average Bonchev–Trinajstić information content (AvgIpc) is 2.87. The number of rotatable bonds is 4. The number of anilines is 1. The van der Waals surface area contributed by atoms with Crippen LogP contribution in [0.1, 0.15) is 18.4 Å². The van der Waals surface area contributed by atoms with Gasteiger partial charge in [0, 0.05) is 23.7 Å². The maximum Gasteiger partial charge on any atom is 0.195 e. The molecule has 0 radical (unpaired) electrons. The second-order valence-corrected chi connectivity index (χ2v) is 5.06. The van der Waals surface area contributed by atoms with Crippen molar-refractivity contribution >= 4 is 28.4 Å². The summed E-state index contributed by atoms with van der Waals surface area (Å²) in [5.74, 6) is 0.770. The molecule has 0 aliphatic heterocycles. The molecule has 2 aromatic carbocycles. The molecule has 1 aromatic heterocycles. The van der Waals surface area contributed by atoms with Crippen LogP contribution in [0.2, 0.25) is 5.02 Å². The standard InChI is InChI=1S/C16H15ClN2O/c1-2-16-19-14-9-13(6-7-15(14)20-16)18-10-11-4-3-5-12(17)8-11/h3-9,18H,2,10H2,1H3. The van der Waals surface area contributed by atoms with E-state index in [0.29, 0.717) is 0 Å². The summed E-state index contributed by atoms with van der Waals surface area (Å²) in [7, 11) is 0. The van der Waals surface area contributed by atoms with E-state index < -0.39 is 0 Å². The zero-order chi connectivity index (χ0) is 13.9. The predicted molar refractivity (Wildman–Crippen MR) is 82.2 cm³/mol. The lowest BCUT2D eigenvalue weighted by Gasteiger charge is -2.06. The number of benzene rings is 2. The van der Waals surface area contributed by atoms with Crippen molar-refractivity contribution in [2.45, 2.75) is 19.9 Å². The Balaban J connectivity index is 1.77. The number of nitrogens with one attached hydrogen (secondary N) is 1. The van der Waals surface area contributed by atoms with Gasteiger partial charge in [0.15, 0.2) is 11.5 Å². The van der Waals surface area contributed by atoms with E-state index in [-0.39, 0.29) is 0 Å². The van der Waals surface area contributed by atoms with Gasteiger partial charge in [-0.1, -0.05) is 30.7 Å². The number of hydrogen-bond donors (Lipinski definition) is 1. The Labute approximate surface area is 122 Å². The van der Waals surface area contributed by atoms with Gasteiger partial charge in [-0.05, 0) is 35.9 Å². The van der Waals surface area contributed by atoms with Gasteiger partial charge in [0.05, 0.1) is 0 Å². The normalized spacial score (nSPS) is 10.9. The van der Waals surface area contributed by atoms with E-state index in [4.69, 9.17) is 16.0 Å². The molecule has 4 heteroatoms. The minimum absolute atomic E-state index is 0.727. The molecule has 20 heavy (non-hydrogen) atoms. The van der Waals surface area contributed by atoms with E-state index in [1.165, 1.54) is 0 Å². The van der Waals surface area contributed by atoms with Crippen molar-refractivity contribution in [3.63, 3.8) is 0 Å². The van der Waals surface area contributed by atoms with Gasteiger partial charge in [0.2, 0.25) is 0 Å². The van der Waals surface area contributed by atoms with Gasteiger partial charge in [0.1, 0.15) is 5.52 Å². The first-order valence-electron chi connectivity index (χ1n) is 6.62. The molecular formula is C16H15ClN2O. The number of fused-ring (bicyclic) bond motifs is 1. The van der Waals surface area contributed by atoms with Gasteiger partial charge in [-0.2, -0.15) is 0 Å². The molecule has 0 aliphatic rings. The molecule has 0 bridgehead atoms. The average molecular weight is 287 g/mol. The molecule has 0 atom stereocenters. The maximum absolute atomic E-state index is 5.97. The first-order chi connectivity index (χ1) is 9.74. The first-order valence-corrected chi connectivity index (χ1v) is 7.00. The highest BCUT2D eigenvalue weighted by molar-refractivity contribution is 6.30. The zero-order valence-corrected chi connectivity index (χ0v) is 11.9. The Kier molecular flexibility index (Phi) is 3.61. The van der Waals surface area contributed by atoms with E-state index in [1.807, 2.05) is 49.4 Å². The Morgan fingerprint density at radius 1 is 1.20 bits per heavy atom. The number of halogens is 1. The summed E-state index contributed by atoms with van der Waals surface area (Å²) in [5, 5.41) is 4.12. The molecule has 3 aromatic rings. The summed E-state index contributed by atoms with van der Waals surface area (Å²) in [6.45, 7) is 2.76. The minimum Gasteiger partial charge on any atom is -0.441 e. The van der Waals surface area contributed by atoms with Gasteiger partial charge in [-0.25, -0.2) is 4.98 Å². The van der Waals surface area contributed by atoms with Crippen molar-refractivity contribution in [1.29, 1.82) is 0 Å². The fourth-order valence-electron chi connectivity index (χ4n) is 2.09. The molecule has 1 heterocycles. The summed E-state index contributed by atoms with van der Waals surface area (Å²) in [5.41, 5.74) is 3.88. The van der Waals surface area contributed by atoms with Crippen molar-refractivity contribution in [1.82, 2.24) is 4.98 Å². The van der Waals surface area contributed by atoms with Crippen molar-refractivity contribution in [2.24, 2.45) is 0 Å². The predicted octanol–water partition coefficient (Wildman–Crippen LogP) is 4.66. The minimum atomic E-state index is 0.727. The van der Waals surface area contributed by atoms with Crippen LogP contribution in [-0.2, 0) is 13.0 Å². The molecule has 3 rings (SSSR count). The van der Waals surface area contributed by atoms with Crippen molar-refractivity contribution in [3.8, 4) is 0 Å². The smallest absolute Gasteiger partial charge is 0.195 e. The third kappa shape index (κ3) is 2.78. The second-order valence-electron chi connectivity index (χ2n) is 4.63. The molecule has 0 amide bonds. The second kappa shape index (κ2) is 5.55. The third-order valence-electron chi connectivity index (χ3n) is 3.12. The fourth-order valence-corrected chi connectivity index (χ4v) is 2.30. The van der Waals surface area contributed by atoms with Crippen molar-refractivity contribution in [2.75, 3.05) is 5.32 Å². The summed E-state index contributed by atoms with van der Waals surface area (Å²) in [6.07, 6.45) is 0.806. The van der Waals surface area contributed by atoms with E-state index in [0.717, 1.165) is 46.2 Å². The topological polar surface area (TPSA) is 38.1 Å². The number of hydrogen-bond acceptors (Lipinski definition) is 3. The van der Waals surface area contributed by atoms with Crippen LogP contribution >= 0.6 is 11.6 Å². The molecule has 0 saturated carbocycles. The fraction of sp³-hybridized carbons (Fsp3) is 0.188. The molecule has 0 fully saturated rings. The Morgan fingerprint density at radius 3 is 2.90 bits per heavy atom. The van der Waals surface area contributed by atoms with Crippen LogP contribution in [0, 0.1) is 0 Å². The van der Waals surface area contributed by atoms with E-state index >= 15 is 0 Å². The molecule has 102 valence electrons. The lowest BCUT2D eigenvalue weighted by Crippen LogP contribution is -1.98. The summed E-state index contributed by atoms with van der Waals surface area (Å²) >= 11 is 5.97. The summed E-state index contributed by atoms with van der Waals surface area (Å²) in [6, 6.07) is 13.8. The number of aryl methyl sites for hydroxylation is 1. The molecule has 1 N–H and O–H groups in total. The molecule has 0 aliphatic carbocycles. The van der Waals surface area contributed by atoms with Gasteiger partial charge in [0.25, 0.3) is 0 Å². The highest BCUT2D eigenvalue weighted by atomic mass is 35.5. The number of nitrogens with zero attached hydrogens (tertiary/aromatic N) is 1. The number of oxazole rings is 1. The van der Waals surface area contributed by atoms with Crippen molar-refractivity contribution < 1.29 is 4.42 Å². The van der Waals surface area contributed by atoms with Crippen LogP contribution in [0.3, 0.4) is 0 Å². The van der Waals surface area contributed by atoms with Crippen molar-refractivity contribution in [3.05, 3.63) is 58.9 Å². The zero-order valence-electron chi connectivity index (χ0n) is 11.2. The van der Waals surface area contributed by atoms with Crippen LogP contribution in [0.25, 0.3) is 11.1 Å². The summed E-state index contributed by atoms with van der Waals surface area (Å²) < 4.78 is 5.59. The molecule has 0 unspecified atom stereocenters. The Bertz CT molecular complexity index is 736. The van der Waals surface area contributed by atoms with Gasteiger partial charge >= 0.3 is 0 Å². The highest BCUT2D eigenvalue weighted by Gasteiger charge is 2.04. The largest absolute Gasteiger partial charge is 0.441 e. The third-order valence-corrected chi connectivity index (χ3v) is 3.36. The van der Waals surface area contributed by atoms with E-state index in [1.54, 1.807) is 0 Å². The summed E-state index contributed by atoms with van der Waals surface area (Å²) in [4.78, 5) is 4.43. The van der Waals surface area contributed by atoms with Crippen LogP contribution in [0.15, 0.2) is 46.9 Å². The quantitative estimate of drug-likeness (QED) is 0.758. The van der Waals surface area contributed by atoms with E-state index in [9.17, 15) is 0 Å². The molecule has 0 spiro atoms. The van der Waals surface area contributed by atoms with E-state index in [2.05, 4.69) is 10.3 Å². The van der Waals surface area contributed by atoms with Crippen LogP contribution in [0.4, 0.5) is 5.69 Å². The lowest BCUT2D eigenvalue weighted by atomic mass is 10.2.